The molecule has 0 radical (unpaired) electrons. The summed E-state index contributed by atoms with van der Waals surface area (Å²) in [6.45, 7) is 15.8. The van der Waals surface area contributed by atoms with Gasteiger partial charge >= 0.3 is 5.97 Å². The van der Waals surface area contributed by atoms with Crippen LogP contribution in [0.15, 0.2) is 72.9 Å². The fourth-order valence-electron chi connectivity index (χ4n) is 2.80. The normalized spacial score (nSPS) is 12.4. The van der Waals surface area contributed by atoms with Gasteiger partial charge in [0, 0.05) is 17.2 Å². The van der Waals surface area contributed by atoms with Crippen molar-refractivity contribution in [1.29, 1.82) is 0 Å². The lowest BCUT2D eigenvalue weighted by Crippen LogP contribution is -2.18. The summed E-state index contributed by atoms with van der Waals surface area (Å²) in [6.07, 6.45) is -2.21. The molecule has 2 aromatic carbocycles. The minimum atomic E-state index is -1.12. The second-order valence-electron chi connectivity index (χ2n) is 8.31. The Labute approximate surface area is 216 Å². The highest BCUT2D eigenvalue weighted by atomic mass is 19.1. The third kappa shape index (κ3) is 9.47. The van der Waals surface area contributed by atoms with Crippen LogP contribution in [0.1, 0.15) is 20.8 Å². The molecule has 0 spiro atoms. The molecule has 0 aromatic heterocycles. The molecule has 0 aliphatic carbocycles. The summed E-state index contributed by atoms with van der Waals surface area (Å²) in [4.78, 5) is 11.7. The Morgan fingerprint density at radius 1 is 0.838 bits per heavy atom. The van der Waals surface area contributed by atoms with E-state index in [4.69, 9.17) is 23.7 Å². The minimum absolute atomic E-state index is 0.0517. The molecule has 0 bridgehead atoms. The molecule has 9 heteroatoms. The molecular weight excluding hydrogens is 483 g/mol. The Kier molecular flexibility index (Phi) is 11.5. The molecule has 2 unspecified atom stereocenters. The van der Waals surface area contributed by atoms with E-state index in [0.29, 0.717) is 28.2 Å². The molecule has 2 rings (SSSR count). The fourth-order valence-corrected chi connectivity index (χ4v) is 2.80. The fraction of sp³-hybridized carbons (Fsp3) is 0.321. The van der Waals surface area contributed by atoms with Gasteiger partial charge in [0.1, 0.15) is 24.8 Å². The van der Waals surface area contributed by atoms with E-state index in [2.05, 4.69) is 19.7 Å². The van der Waals surface area contributed by atoms with Crippen molar-refractivity contribution in [1.82, 2.24) is 0 Å². The Morgan fingerprint density at radius 2 is 1.41 bits per heavy atom. The lowest BCUT2D eigenvalue weighted by Gasteiger charge is -2.17. The number of esters is 1. The van der Waals surface area contributed by atoms with Gasteiger partial charge in [-0.05, 0) is 61.7 Å². The third-order valence-electron chi connectivity index (χ3n) is 4.83. The number of aliphatic hydroxyl groups is 2. The number of hydrogen-bond acceptors (Lipinski definition) is 8. The Morgan fingerprint density at radius 3 is 1.92 bits per heavy atom. The number of aliphatic hydroxyl groups excluding tert-OH is 2. The van der Waals surface area contributed by atoms with Crippen LogP contribution in [0.25, 0.3) is 11.1 Å². The van der Waals surface area contributed by atoms with Crippen molar-refractivity contribution in [2.45, 2.75) is 33.4 Å². The molecule has 0 saturated carbocycles. The maximum absolute atomic E-state index is 14.9. The van der Waals surface area contributed by atoms with Crippen LogP contribution in [-0.2, 0) is 14.3 Å². The average molecular weight is 517 g/mol. The van der Waals surface area contributed by atoms with Crippen molar-refractivity contribution in [3.05, 3.63) is 78.7 Å². The molecule has 0 aliphatic rings. The highest BCUT2D eigenvalue weighted by Gasteiger charge is 2.14. The van der Waals surface area contributed by atoms with E-state index in [1.165, 1.54) is 19.1 Å². The molecule has 200 valence electrons. The Bertz CT molecular complexity index is 1130. The van der Waals surface area contributed by atoms with Crippen molar-refractivity contribution in [3.63, 3.8) is 0 Å². The molecule has 2 N–H and O–H groups in total. The van der Waals surface area contributed by atoms with Gasteiger partial charge in [-0.2, -0.15) is 0 Å². The lowest BCUT2D eigenvalue weighted by molar-refractivity contribution is -0.130. The Balaban J connectivity index is 2.19. The van der Waals surface area contributed by atoms with Crippen LogP contribution in [0.4, 0.5) is 4.39 Å². The van der Waals surface area contributed by atoms with E-state index >= 15 is 0 Å². The summed E-state index contributed by atoms with van der Waals surface area (Å²) < 4.78 is 41.9. The van der Waals surface area contributed by atoms with Crippen LogP contribution < -0.4 is 14.2 Å². The van der Waals surface area contributed by atoms with Crippen LogP contribution in [0, 0.1) is 5.82 Å². The van der Waals surface area contributed by atoms with Gasteiger partial charge in [-0.15, -0.1) is 0 Å². The van der Waals surface area contributed by atoms with Crippen molar-refractivity contribution < 1.29 is 43.1 Å². The lowest BCUT2D eigenvalue weighted by atomic mass is 10.0. The quantitative estimate of drug-likeness (QED) is 0.0887. The minimum Gasteiger partial charge on any atom is -0.487 e. The maximum atomic E-state index is 14.9. The molecule has 0 fully saturated rings. The standard InChI is InChI=1S/C28H33FO8/c1-17(2)26(30)35-13-11-33-24-10-7-20(15-25(24)34-12-14-36-27(31)18(3)4)22-9-8-21(16-23(22)29)37-28(32)19(5)6/h7-10,15-16,26-27,30-31H,1,3,5,11-14H2,2,4,6H3. The monoisotopic (exact) mass is 516 g/mol. The second-order valence-corrected chi connectivity index (χ2v) is 8.31. The van der Waals surface area contributed by atoms with E-state index in [9.17, 15) is 19.4 Å². The zero-order valence-electron chi connectivity index (χ0n) is 21.3. The zero-order valence-corrected chi connectivity index (χ0v) is 21.3. The summed E-state index contributed by atoms with van der Waals surface area (Å²) in [6, 6.07) is 8.91. The van der Waals surface area contributed by atoms with Gasteiger partial charge in [0.2, 0.25) is 0 Å². The number of hydrogen-bond donors (Lipinski definition) is 2. The number of rotatable bonds is 15. The average Bonchev–Trinajstić information content (AvgIpc) is 2.84. The van der Waals surface area contributed by atoms with Gasteiger partial charge in [-0.3, -0.25) is 0 Å². The Hall–Kier alpha value is -3.50. The molecule has 2 aromatic rings. The predicted octanol–water partition coefficient (Wildman–Crippen LogP) is 4.55. The van der Waals surface area contributed by atoms with Crippen molar-refractivity contribution in [2.24, 2.45) is 0 Å². The van der Waals surface area contributed by atoms with Crippen LogP contribution in [0.3, 0.4) is 0 Å². The zero-order chi connectivity index (χ0) is 27.5. The molecular formula is C28H33FO8. The molecule has 0 heterocycles. The van der Waals surface area contributed by atoms with Crippen LogP contribution in [-0.4, -0.2) is 55.2 Å². The highest BCUT2D eigenvalue weighted by molar-refractivity contribution is 5.88. The van der Waals surface area contributed by atoms with Gasteiger partial charge in [-0.1, -0.05) is 25.8 Å². The summed E-state index contributed by atoms with van der Waals surface area (Å²) in [5.41, 5.74) is 1.84. The van der Waals surface area contributed by atoms with Crippen LogP contribution in [0.2, 0.25) is 0 Å². The van der Waals surface area contributed by atoms with E-state index in [1.54, 1.807) is 32.0 Å². The van der Waals surface area contributed by atoms with Crippen molar-refractivity contribution in [2.75, 3.05) is 26.4 Å². The highest BCUT2D eigenvalue weighted by Crippen LogP contribution is 2.35. The second kappa shape index (κ2) is 14.3. The SMILES string of the molecule is C=C(C)C(=O)Oc1ccc(-c2ccc(OCCOC(O)C(=C)C)c(OCCOC(O)C(=C)C)c2)c(F)c1. The molecule has 0 saturated heterocycles. The van der Waals surface area contributed by atoms with E-state index in [1.807, 2.05) is 0 Å². The molecule has 0 amide bonds. The van der Waals surface area contributed by atoms with Crippen LogP contribution in [0.5, 0.6) is 17.2 Å². The first kappa shape index (κ1) is 29.7. The largest absolute Gasteiger partial charge is 0.487 e. The maximum Gasteiger partial charge on any atom is 0.338 e. The van der Waals surface area contributed by atoms with Gasteiger partial charge < -0.3 is 33.9 Å². The number of benzene rings is 2. The summed E-state index contributed by atoms with van der Waals surface area (Å²) in [7, 11) is 0. The molecule has 0 aliphatic heterocycles. The summed E-state index contributed by atoms with van der Waals surface area (Å²) in [5, 5.41) is 19.4. The first-order chi connectivity index (χ1) is 17.5. The number of carbonyl (C=O) groups excluding carboxylic acids is 1. The third-order valence-corrected chi connectivity index (χ3v) is 4.83. The van der Waals surface area contributed by atoms with Crippen LogP contribution >= 0.6 is 0 Å². The van der Waals surface area contributed by atoms with Gasteiger partial charge in [0.25, 0.3) is 0 Å². The predicted molar refractivity (Wildman–Crippen MR) is 137 cm³/mol. The number of ether oxygens (including phenoxy) is 5. The molecule has 37 heavy (non-hydrogen) atoms. The van der Waals surface area contributed by atoms with Gasteiger partial charge in [0.05, 0.1) is 13.2 Å². The summed E-state index contributed by atoms with van der Waals surface area (Å²) >= 11 is 0. The smallest absolute Gasteiger partial charge is 0.338 e. The van der Waals surface area contributed by atoms with Crippen molar-refractivity contribution in [3.8, 4) is 28.4 Å². The summed E-state index contributed by atoms with van der Waals surface area (Å²) in [5.74, 6) is -0.561. The first-order valence-corrected chi connectivity index (χ1v) is 11.5. The number of carbonyl (C=O) groups is 1. The number of halogens is 1. The van der Waals surface area contributed by atoms with E-state index in [0.717, 1.165) is 6.07 Å². The van der Waals surface area contributed by atoms with Gasteiger partial charge in [-0.25, -0.2) is 9.18 Å². The molecule has 2 atom stereocenters. The van der Waals surface area contributed by atoms with E-state index < -0.39 is 24.4 Å². The van der Waals surface area contributed by atoms with E-state index in [-0.39, 0.29) is 43.3 Å². The van der Waals surface area contributed by atoms with Gasteiger partial charge in [0.15, 0.2) is 24.1 Å². The topological polar surface area (TPSA) is 104 Å². The first-order valence-electron chi connectivity index (χ1n) is 11.5. The van der Waals surface area contributed by atoms with Crippen molar-refractivity contribution >= 4 is 5.97 Å². The molecule has 8 nitrogen and oxygen atoms in total.